The number of anilines is 2. The van der Waals surface area contributed by atoms with Crippen LogP contribution in [0.3, 0.4) is 0 Å². The first-order valence-electron chi connectivity index (χ1n) is 8.41. The number of carbonyl (C=O) groups excluding carboxylic acids is 1. The molecule has 0 saturated heterocycles. The lowest BCUT2D eigenvalue weighted by Gasteiger charge is -2.10. The van der Waals surface area contributed by atoms with Crippen LogP contribution in [0.5, 0.6) is 5.75 Å². The first-order chi connectivity index (χ1) is 12.5. The van der Waals surface area contributed by atoms with Crippen molar-refractivity contribution in [2.45, 2.75) is 32.6 Å². The molecule has 2 rings (SSSR count). The lowest BCUT2D eigenvalue weighted by Crippen LogP contribution is -2.16. The van der Waals surface area contributed by atoms with E-state index < -0.39 is 11.9 Å². The fraction of sp³-hybridized carbons (Fsp3) is 0.300. The summed E-state index contributed by atoms with van der Waals surface area (Å²) in [4.78, 5) is 15.9. The number of hydrogen-bond donors (Lipinski definition) is 2. The van der Waals surface area contributed by atoms with Crippen LogP contribution in [-0.4, -0.2) is 17.5 Å². The van der Waals surface area contributed by atoms with Crippen LogP contribution in [-0.2, 0) is 0 Å². The van der Waals surface area contributed by atoms with Gasteiger partial charge in [-0.25, -0.2) is 4.98 Å². The maximum absolute atomic E-state index is 13.4. The number of carbonyl (C=O) groups is 1. The fourth-order valence-corrected chi connectivity index (χ4v) is 2.34. The van der Waals surface area contributed by atoms with Crippen LogP contribution in [0.15, 0.2) is 30.3 Å². The zero-order valence-corrected chi connectivity index (χ0v) is 14.7. The van der Waals surface area contributed by atoms with Gasteiger partial charge in [-0.15, -0.1) is 12.3 Å². The highest BCUT2D eigenvalue weighted by atomic mass is 19.1. The molecule has 3 N–H and O–H groups in total. The van der Waals surface area contributed by atoms with Crippen molar-refractivity contribution in [2.24, 2.45) is 0 Å². The molecule has 0 unspecified atom stereocenters. The first-order valence-corrected chi connectivity index (χ1v) is 8.41. The van der Waals surface area contributed by atoms with Gasteiger partial charge >= 0.3 is 0 Å². The van der Waals surface area contributed by atoms with Gasteiger partial charge in [-0.1, -0.05) is 6.07 Å². The molecule has 0 spiro atoms. The second-order valence-corrected chi connectivity index (χ2v) is 5.87. The van der Waals surface area contributed by atoms with Gasteiger partial charge in [0.05, 0.1) is 12.2 Å². The Morgan fingerprint density at radius 2 is 2.15 bits per heavy atom. The van der Waals surface area contributed by atoms with Gasteiger partial charge in [0.2, 0.25) is 5.95 Å². The number of unbranched alkanes of at least 4 members (excludes halogenated alkanes) is 3. The number of aryl methyl sites for hydroxylation is 1. The average molecular weight is 355 g/mol. The molecule has 0 aliphatic heterocycles. The van der Waals surface area contributed by atoms with Gasteiger partial charge in [-0.2, -0.15) is 4.39 Å². The van der Waals surface area contributed by atoms with Crippen molar-refractivity contribution in [3.63, 3.8) is 0 Å². The standard InChI is InChI=1S/C20H22FN3O2/c1-3-4-5-6-7-11-26-16-10-8-9-15(13-16)23-20(25)17-12-14(2)18(21)24-19(17)22/h1,8-10,12-13H,4-7,11H2,2H3,(H2,22,24)(H,23,25). The normalized spacial score (nSPS) is 10.2. The molecule has 0 aliphatic rings. The number of hydrogen-bond acceptors (Lipinski definition) is 4. The van der Waals surface area contributed by atoms with E-state index in [4.69, 9.17) is 16.9 Å². The molecule has 2 aromatic rings. The van der Waals surface area contributed by atoms with Gasteiger partial charge in [-0.05, 0) is 44.4 Å². The number of benzene rings is 1. The molecule has 0 radical (unpaired) electrons. The summed E-state index contributed by atoms with van der Waals surface area (Å²) < 4.78 is 19.1. The zero-order valence-electron chi connectivity index (χ0n) is 14.7. The first kappa shape index (κ1) is 19.3. The largest absolute Gasteiger partial charge is 0.494 e. The van der Waals surface area contributed by atoms with Gasteiger partial charge in [0.25, 0.3) is 5.91 Å². The van der Waals surface area contributed by atoms with Gasteiger partial charge < -0.3 is 15.8 Å². The minimum atomic E-state index is -0.684. The molecular weight excluding hydrogens is 333 g/mol. The molecule has 0 fully saturated rings. The Bertz CT molecular complexity index is 815. The topological polar surface area (TPSA) is 77.2 Å². The van der Waals surface area contributed by atoms with Crippen LogP contribution in [0, 0.1) is 25.2 Å². The number of aromatic nitrogens is 1. The Kier molecular flexibility index (Phi) is 6.98. The van der Waals surface area contributed by atoms with Gasteiger partial charge in [0.15, 0.2) is 0 Å². The summed E-state index contributed by atoms with van der Waals surface area (Å²) in [5.41, 5.74) is 6.58. The minimum absolute atomic E-state index is 0.128. The monoisotopic (exact) mass is 355 g/mol. The molecule has 6 heteroatoms. The molecule has 0 atom stereocenters. The van der Waals surface area contributed by atoms with Crippen LogP contribution in [0.25, 0.3) is 0 Å². The highest BCUT2D eigenvalue weighted by Gasteiger charge is 2.14. The summed E-state index contributed by atoms with van der Waals surface area (Å²) in [5, 5.41) is 2.72. The lowest BCUT2D eigenvalue weighted by molar-refractivity contribution is 0.102. The molecule has 1 aromatic heterocycles. The SMILES string of the molecule is C#CCCCCCOc1cccc(NC(=O)c2cc(C)c(F)nc2N)c1. The fourth-order valence-electron chi connectivity index (χ4n) is 2.34. The van der Waals surface area contributed by atoms with Crippen molar-refractivity contribution in [1.82, 2.24) is 4.98 Å². The van der Waals surface area contributed by atoms with E-state index in [1.54, 1.807) is 18.2 Å². The molecule has 5 nitrogen and oxygen atoms in total. The molecule has 1 heterocycles. The third kappa shape index (κ3) is 5.49. The van der Waals surface area contributed by atoms with Crippen molar-refractivity contribution < 1.29 is 13.9 Å². The summed E-state index contributed by atoms with van der Waals surface area (Å²) in [6, 6.07) is 8.43. The predicted octanol–water partition coefficient (Wildman–Crippen LogP) is 3.94. The summed E-state index contributed by atoms with van der Waals surface area (Å²) in [7, 11) is 0. The number of nitrogens with one attached hydrogen (secondary N) is 1. The molecule has 0 aliphatic carbocycles. The van der Waals surface area contributed by atoms with E-state index in [0.29, 0.717) is 18.0 Å². The third-order valence-corrected chi connectivity index (χ3v) is 3.75. The number of nitrogens with two attached hydrogens (primary N) is 1. The van der Waals surface area contributed by atoms with E-state index in [2.05, 4.69) is 16.2 Å². The van der Waals surface area contributed by atoms with Crippen molar-refractivity contribution in [3.8, 4) is 18.1 Å². The molecule has 136 valence electrons. The number of nitrogens with zero attached hydrogens (tertiary/aromatic N) is 1. The van der Waals surface area contributed by atoms with Crippen molar-refractivity contribution in [1.29, 1.82) is 0 Å². The number of nitrogen functional groups attached to an aromatic ring is 1. The molecular formula is C20H22FN3O2. The van der Waals surface area contributed by atoms with Crippen LogP contribution in [0.2, 0.25) is 0 Å². The van der Waals surface area contributed by atoms with E-state index >= 15 is 0 Å². The van der Waals surface area contributed by atoms with E-state index in [0.717, 1.165) is 25.7 Å². The van der Waals surface area contributed by atoms with Gasteiger partial charge in [0.1, 0.15) is 11.6 Å². The molecule has 1 aromatic carbocycles. The highest BCUT2D eigenvalue weighted by Crippen LogP contribution is 2.20. The van der Waals surface area contributed by atoms with Crippen LogP contribution in [0.1, 0.15) is 41.6 Å². The van der Waals surface area contributed by atoms with Crippen molar-refractivity contribution >= 4 is 17.4 Å². The van der Waals surface area contributed by atoms with Crippen LogP contribution < -0.4 is 15.8 Å². The number of pyridine rings is 1. The van der Waals surface area contributed by atoms with Crippen LogP contribution >= 0.6 is 0 Å². The van der Waals surface area contributed by atoms with E-state index in [-0.39, 0.29) is 16.9 Å². The lowest BCUT2D eigenvalue weighted by atomic mass is 10.1. The van der Waals surface area contributed by atoms with Gasteiger partial charge in [0, 0.05) is 23.7 Å². The predicted molar refractivity (Wildman–Crippen MR) is 101 cm³/mol. The Balaban J connectivity index is 1.95. The van der Waals surface area contributed by atoms with Crippen molar-refractivity contribution in [2.75, 3.05) is 17.7 Å². The number of halogens is 1. The number of rotatable bonds is 8. The number of amides is 1. The molecule has 0 saturated carbocycles. The smallest absolute Gasteiger partial charge is 0.259 e. The number of terminal acetylenes is 1. The average Bonchev–Trinajstić information content (AvgIpc) is 2.61. The summed E-state index contributed by atoms with van der Waals surface area (Å²) in [5.74, 6) is 1.98. The highest BCUT2D eigenvalue weighted by molar-refractivity contribution is 6.07. The number of ether oxygens (including phenoxy) is 1. The van der Waals surface area contributed by atoms with E-state index in [1.807, 2.05) is 6.07 Å². The van der Waals surface area contributed by atoms with Crippen molar-refractivity contribution in [3.05, 3.63) is 47.4 Å². The summed E-state index contributed by atoms with van der Waals surface area (Å²) in [6.07, 6.45) is 8.90. The molecule has 1 amide bonds. The Labute approximate surface area is 152 Å². The van der Waals surface area contributed by atoms with E-state index in [9.17, 15) is 9.18 Å². The minimum Gasteiger partial charge on any atom is -0.494 e. The third-order valence-electron chi connectivity index (χ3n) is 3.75. The Hall–Kier alpha value is -3.07. The van der Waals surface area contributed by atoms with E-state index in [1.165, 1.54) is 13.0 Å². The van der Waals surface area contributed by atoms with Gasteiger partial charge in [-0.3, -0.25) is 4.79 Å². The second kappa shape index (κ2) is 9.42. The Morgan fingerprint density at radius 3 is 2.92 bits per heavy atom. The zero-order chi connectivity index (χ0) is 18.9. The summed E-state index contributed by atoms with van der Waals surface area (Å²) >= 11 is 0. The maximum atomic E-state index is 13.4. The summed E-state index contributed by atoms with van der Waals surface area (Å²) in [6.45, 7) is 2.10. The molecule has 0 bridgehead atoms. The quantitative estimate of drug-likeness (QED) is 0.427. The maximum Gasteiger partial charge on any atom is 0.259 e. The van der Waals surface area contributed by atoms with Crippen LogP contribution in [0.4, 0.5) is 15.9 Å². The Morgan fingerprint density at radius 1 is 1.35 bits per heavy atom. The second-order valence-electron chi connectivity index (χ2n) is 5.87. The molecule has 26 heavy (non-hydrogen) atoms.